The summed E-state index contributed by atoms with van der Waals surface area (Å²) in [5, 5.41) is 2.88. The molecule has 0 aliphatic carbocycles. The summed E-state index contributed by atoms with van der Waals surface area (Å²) in [7, 11) is 1.51. The first-order chi connectivity index (χ1) is 14.5. The van der Waals surface area contributed by atoms with Crippen molar-refractivity contribution >= 4 is 17.4 Å². The number of carbonyl (C=O) groups excluding carboxylic acids is 1. The fourth-order valence-corrected chi connectivity index (χ4v) is 3.12. The molecule has 8 nitrogen and oxygen atoms in total. The van der Waals surface area contributed by atoms with E-state index in [0.717, 1.165) is 0 Å². The van der Waals surface area contributed by atoms with Gasteiger partial charge >= 0.3 is 0 Å². The molecule has 2 aromatic heterocycles. The summed E-state index contributed by atoms with van der Waals surface area (Å²) in [6.45, 7) is 1.72. The van der Waals surface area contributed by atoms with Gasteiger partial charge in [-0.15, -0.1) is 0 Å². The number of methoxy groups -OCH3 is 1. The quantitative estimate of drug-likeness (QED) is 0.549. The molecule has 0 aliphatic rings. The van der Waals surface area contributed by atoms with Crippen molar-refractivity contribution < 1.29 is 13.9 Å². The van der Waals surface area contributed by atoms with E-state index in [9.17, 15) is 14.0 Å². The molecule has 30 heavy (non-hydrogen) atoms. The lowest BCUT2D eigenvalue weighted by molar-refractivity contribution is 0.0983. The maximum Gasteiger partial charge on any atom is 0.274 e. The largest absolute Gasteiger partial charge is 0.495 e. The van der Waals surface area contributed by atoms with E-state index in [-0.39, 0.29) is 23.8 Å². The number of amides is 1. The van der Waals surface area contributed by atoms with E-state index in [2.05, 4.69) is 15.1 Å². The summed E-state index contributed by atoms with van der Waals surface area (Å²) < 4.78 is 20.0. The Morgan fingerprint density at radius 2 is 1.90 bits per heavy atom. The van der Waals surface area contributed by atoms with Gasteiger partial charge in [-0.1, -0.05) is 12.1 Å². The number of hydrogen-bond donors (Lipinski definition) is 1. The predicted molar refractivity (Wildman–Crippen MR) is 108 cm³/mol. The highest BCUT2D eigenvalue weighted by atomic mass is 19.1. The standard InChI is InChI=1S/C21H18FN5O3/c1-13-11-19(28)27-21(23-13)24-18(25-27)12-26(16-5-3-4-6-17(16)30-2)20(29)14-7-9-15(22)10-8-14/h3-11H,12H2,1-2H3,(H,23,24,25). The molecule has 1 N–H and O–H groups in total. The number of H-pyrrole nitrogens is 1. The van der Waals surface area contributed by atoms with E-state index < -0.39 is 5.82 Å². The first kappa shape index (κ1) is 19.3. The van der Waals surface area contributed by atoms with Gasteiger partial charge in [0.2, 0.25) is 0 Å². The molecule has 4 aromatic rings. The van der Waals surface area contributed by atoms with Crippen molar-refractivity contribution in [3.63, 3.8) is 0 Å². The Morgan fingerprint density at radius 3 is 2.63 bits per heavy atom. The number of para-hydroxylation sites is 2. The number of aromatic nitrogens is 4. The van der Waals surface area contributed by atoms with Gasteiger partial charge in [0.25, 0.3) is 17.2 Å². The molecule has 0 spiro atoms. The molecular formula is C21H18FN5O3. The summed E-state index contributed by atoms with van der Waals surface area (Å²) in [5.41, 5.74) is 1.04. The number of aromatic amines is 1. The van der Waals surface area contributed by atoms with Crippen LogP contribution in [0.25, 0.3) is 5.78 Å². The van der Waals surface area contributed by atoms with Crippen molar-refractivity contribution in [3.8, 4) is 5.75 Å². The maximum atomic E-state index is 13.3. The summed E-state index contributed by atoms with van der Waals surface area (Å²) in [5.74, 6) is 0.232. The third-order valence-electron chi connectivity index (χ3n) is 4.53. The molecule has 2 heterocycles. The average molecular weight is 407 g/mol. The van der Waals surface area contributed by atoms with Crippen LogP contribution in [0.15, 0.2) is 59.4 Å². The Kier molecular flexibility index (Phi) is 5.01. The number of carbonyl (C=O) groups is 1. The molecule has 0 bridgehead atoms. The zero-order valence-electron chi connectivity index (χ0n) is 16.3. The molecule has 1 amide bonds. The topological polar surface area (TPSA) is 92.6 Å². The number of anilines is 1. The van der Waals surface area contributed by atoms with Crippen LogP contribution in [0.5, 0.6) is 5.75 Å². The molecule has 0 fully saturated rings. The Hall–Kier alpha value is -4.01. The van der Waals surface area contributed by atoms with Gasteiger partial charge in [0, 0.05) is 17.3 Å². The number of aryl methyl sites for hydroxylation is 1. The minimum absolute atomic E-state index is 0.0123. The molecule has 4 rings (SSSR count). The third kappa shape index (κ3) is 3.64. The van der Waals surface area contributed by atoms with Gasteiger partial charge in [0.1, 0.15) is 17.4 Å². The Labute approximate surface area is 170 Å². The lowest BCUT2D eigenvalue weighted by Crippen LogP contribution is -2.31. The second-order valence-electron chi connectivity index (χ2n) is 6.61. The average Bonchev–Trinajstić information content (AvgIpc) is 3.15. The molecular weight excluding hydrogens is 389 g/mol. The van der Waals surface area contributed by atoms with Gasteiger partial charge < -0.3 is 4.74 Å². The predicted octanol–water partition coefficient (Wildman–Crippen LogP) is 2.72. The Bertz CT molecular complexity index is 1280. The van der Waals surface area contributed by atoms with Crippen LogP contribution in [0, 0.1) is 12.7 Å². The Balaban J connectivity index is 1.79. The number of hydrogen-bond acceptors (Lipinski definition) is 5. The van der Waals surface area contributed by atoms with E-state index >= 15 is 0 Å². The van der Waals surface area contributed by atoms with Gasteiger partial charge in [0.15, 0.2) is 0 Å². The molecule has 9 heteroatoms. The Morgan fingerprint density at radius 1 is 1.17 bits per heavy atom. The van der Waals surface area contributed by atoms with Crippen LogP contribution in [-0.2, 0) is 6.54 Å². The van der Waals surface area contributed by atoms with Crippen LogP contribution in [-0.4, -0.2) is 32.6 Å². The van der Waals surface area contributed by atoms with E-state index in [1.54, 1.807) is 31.2 Å². The fourth-order valence-electron chi connectivity index (χ4n) is 3.12. The summed E-state index contributed by atoms with van der Waals surface area (Å²) >= 11 is 0. The van der Waals surface area contributed by atoms with Crippen LogP contribution in [0.4, 0.5) is 10.1 Å². The molecule has 0 unspecified atom stereocenters. The number of benzene rings is 2. The highest BCUT2D eigenvalue weighted by molar-refractivity contribution is 6.06. The number of ether oxygens (including phenoxy) is 1. The van der Waals surface area contributed by atoms with Crippen molar-refractivity contribution in [2.24, 2.45) is 0 Å². The van der Waals surface area contributed by atoms with Gasteiger partial charge in [0.05, 0.1) is 19.3 Å². The normalized spacial score (nSPS) is 10.9. The van der Waals surface area contributed by atoms with Crippen LogP contribution in [0.2, 0.25) is 0 Å². The van der Waals surface area contributed by atoms with Gasteiger partial charge in [-0.3, -0.25) is 19.6 Å². The number of halogens is 1. The summed E-state index contributed by atoms with van der Waals surface area (Å²) in [6.07, 6.45) is 0. The number of rotatable bonds is 5. The second-order valence-corrected chi connectivity index (χ2v) is 6.61. The molecule has 0 radical (unpaired) electrons. The van der Waals surface area contributed by atoms with E-state index in [1.807, 2.05) is 0 Å². The smallest absolute Gasteiger partial charge is 0.274 e. The molecule has 0 saturated carbocycles. The molecule has 0 aliphatic heterocycles. The van der Waals surface area contributed by atoms with E-state index in [1.165, 1.54) is 46.9 Å². The number of nitrogens with zero attached hydrogens (tertiary/aromatic N) is 4. The third-order valence-corrected chi connectivity index (χ3v) is 4.53. The number of fused-ring (bicyclic) bond motifs is 1. The summed E-state index contributed by atoms with van der Waals surface area (Å²) in [6, 6.07) is 13.7. The molecule has 152 valence electrons. The van der Waals surface area contributed by atoms with Crippen LogP contribution in [0.3, 0.4) is 0 Å². The van der Waals surface area contributed by atoms with Gasteiger partial charge in [-0.2, -0.15) is 9.50 Å². The van der Waals surface area contributed by atoms with Crippen molar-refractivity contribution in [3.05, 3.63) is 87.9 Å². The monoisotopic (exact) mass is 407 g/mol. The van der Waals surface area contributed by atoms with Crippen molar-refractivity contribution in [2.45, 2.75) is 13.5 Å². The highest BCUT2D eigenvalue weighted by Gasteiger charge is 2.23. The zero-order valence-corrected chi connectivity index (χ0v) is 16.3. The van der Waals surface area contributed by atoms with Crippen LogP contribution >= 0.6 is 0 Å². The minimum atomic E-state index is -0.437. The van der Waals surface area contributed by atoms with E-state index in [4.69, 9.17) is 4.74 Å². The molecule has 2 aromatic carbocycles. The lowest BCUT2D eigenvalue weighted by Gasteiger charge is -2.23. The van der Waals surface area contributed by atoms with Gasteiger partial charge in [-0.05, 0) is 43.3 Å². The molecule has 0 atom stereocenters. The van der Waals surface area contributed by atoms with Crippen molar-refractivity contribution in [1.82, 2.24) is 19.6 Å². The number of nitrogens with one attached hydrogen (secondary N) is 1. The summed E-state index contributed by atoms with van der Waals surface area (Å²) in [4.78, 5) is 35.5. The minimum Gasteiger partial charge on any atom is -0.495 e. The van der Waals surface area contributed by atoms with Crippen LogP contribution < -0.4 is 15.2 Å². The first-order valence-corrected chi connectivity index (χ1v) is 9.12. The molecule has 0 saturated heterocycles. The van der Waals surface area contributed by atoms with Gasteiger partial charge in [-0.25, -0.2) is 9.37 Å². The highest BCUT2D eigenvalue weighted by Crippen LogP contribution is 2.30. The first-order valence-electron chi connectivity index (χ1n) is 9.12. The lowest BCUT2D eigenvalue weighted by atomic mass is 10.1. The van der Waals surface area contributed by atoms with Crippen LogP contribution in [0.1, 0.15) is 21.9 Å². The van der Waals surface area contributed by atoms with Crippen molar-refractivity contribution in [1.29, 1.82) is 0 Å². The zero-order chi connectivity index (χ0) is 21.3. The SMILES string of the molecule is COc1ccccc1N(Cc1nc2nc(C)cc(=O)n2[nH]1)C(=O)c1ccc(F)cc1. The van der Waals surface area contributed by atoms with Crippen molar-refractivity contribution in [2.75, 3.05) is 12.0 Å². The van der Waals surface area contributed by atoms with E-state index in [0.29, 0.717) is 28.5 Å². The fraction of sp³-hybridized carbons (Fsp3) is 0.143. The maximum absolute atomic E-state index is 13.3. The second kappa shape index (κ2) is 7.78.